The van der Waals surface area contributed by atoms with E-state index in [-0.39, 0.29) is 18.1 Å². The third-order valence-corrected chi connectivity index (χ3v) is 3.79. The summed E-state index contributed by atoms with van der Waals surface area (Å²) in [5.74, 6) is 5.27. The van der Waals surface area contributed by atoms with Gasteiger partial charge in [-0.15, -0.1) is 0 Å². The molecule has 1 aromatic heterocycles. The van der Waals surface area contributed by atoms with E-state index in [4.69, 9.17) is 9.84 Å². The summed E-state index contributed by atoms with van der Waals surface area (Å²) in [7, 11) is 1.68. The molecule has 1 N–H and O–H groups in total. The number of rotatable bonds is 2. The van der Waals surface area contributed by atoms with Crippen molar-refractivity contribution >= 4 is 5.91 Å². The number of nitrogens with zero attached hydrogens (tertiary/aromatic N) is 2. The van der Waals surface area contributed by atoms with Crippen LogP contribution < -0.4 is 0 Å². The zero-order chi connectivity index (χ0) is 15.3. The van der Waals surface area contributed by atoms with Crippen molar-refractivity contribution in [2.45, 2.75) is 25.4 Å². The van der Waals surface area contributed by atoms with Gasteiger partial charge >= 0.3 is 0 Å². The summed E-state index contributed by atoms with van der Waals surface area (Å²) < 4.78 is 5.52. The number of methoxy groups -OCH3 is 1. The van der Waals surface area contributed by atoms with Gasteiger partial charge in [0.25, 0.3) is 5.91 Å². The first-order valence-corrected chi connectivity index (χ1v) is 6.98. The summed E-state index contributed by atoms with van der Waals surface area (Å²) in [6, 6.07) is 1.67. The topological polar surface area (TPSA) is 62.7 Å². The standard InChI is InChI=1S/C16H20N2O3/c1-16(21-2)7-4-9-18(12-16)15(20)14-6-8-17-11-13(14)5-3-10-19/h6,8,11,19H,4,7,9-10,12H2,1-2H3. The molecule has 2 heterocycles. The van der Waals surface area contributed by atoms with Crippen molar-refractivity contribution in [2.75, 3.05) is 26.8 Å². The van der Waals surface area contributed by atoms with E-state index in [0.29, 0.717) is 24.2 Å². The van der Waals surface area contributed by atoms with E-state index in [2.05, 4.69) is 16.8 Å². The highest BCUT2D eigenvalue weighted by molar-refractivity contribution is 5.96. The van der Waals surface area contributed by atoms with Gasteiger partial charge in [0.15, 0.2) is 0 Å². The second kappa shape index (κ2) is 6.70. The van der Waals surface area contributed by atoms with Crippen LogP contribution >= 0.6 is 0 Å². The van der Waals surface area contributed by atoms with Gasteiger partial charge in [0, 0.05) is 32.6 Å². The van der Waals surface area contributed by atoms with Crippen LogP contribution in [0.25, 0.3) is 0 Å². The number of aliphatic hydroxyl groups is 1. The average Bonchev–Trinajstić information content (AvgIpc) is 2.52. The van der Waals surface area contributed by atoms with Crippen molar-refractivity contribution in [1.29, 1.82) is 0 Å². The maximum Gasteiger partial charge on any atom is 0.255 e. The van der Waals surface area contributed by atoms with Crippen LogP contribution in [0, 0.1) is 11.8 Å². The van der Waals surface area contributed by atoms with Crippen LogP contribution in [0.15, 0.2) is 18.5 Å². The number of ether oxygens (including phenoxy) is 1. The number of pyridine rings is 1. The molecule has 0 spiro atoms. The van der Waals surface area contributed by atoms with Gasteiger partial charge < -0.3 is 14.7 Å². The quantitative estimate of drug-likeness (QED) is 0.827. The van der Waals surface area contributed by atoms with Gasteiger partial charge in [-0.25, -0.2) is 0 Å². The van der Waals surface area contributed by atoms with Crippen LogP contribution in [0.5, 0.6) is 0 Å². The molecule has 1 atom stereocenters. The maximum atomic E-state index is 12.7. The second-order valence-electron chi connectivity index (χ2n) is 5.37. The van der Waals surface area contributed by atoms with Crippen molar-refractivity contribution < 1.29 is 14.6 Å². The molecule has 1 fully saturated rings. The predicted octanol–water partition coefficient (Wildman–Crippen LogP) is 1.07. The highest BCUT2D eigenvalue weighted by Gasteiger charge is 2.33. The summed E-state index contributed by atoms with van der Waals surface area (Å²) in [5, 5.41) is 8.80. The molecule has 1 unspecified atom stereocenters. The zero-order valence-corrected chi connectivity index (χ0v) is 12.4. The Bertz CT molecular complexity index is 576. The van der Waals surface area contributed by atoms with Gasteiger partial charge in [0.05, 0.1) is 16.7 Å². The molecule has 5 nitrogen and oxygen atoms in total. The van der Waals surface area contributed by atoms with Gasteiger partial charge in [-0.1, -0.05) is 11.8 Å². The monoisotopic (exact) mass is 288 g/mol. The molecule has 1 aliphatic heterocycles. The lowest BCUT2D eigenvalue weighted by atomic mass is 9.94. The van der Waals surface area contributed by atoms with E-state index in [9.17, 15) is 4.79 Å². The first-order chi connectivity index (χ1) is 10.1. The van der Waals surface area contributed by atoms with E-state index < -0.39 is 0 Å². The minimum absolute atomic E-state index is 0.0670. The fourth-order valence-electron chi connectivity index (χ4n) is 2.53. The van der Waals surface area contributed by atoms with Crippen LogP contribution in [0.4, 0.5) is 0 Å². The third-order valence-electron chi connectivity index (χ3n) is 3.79. The SMILES string of the molecule is COC1(C)CCCN(C(=O)c2ccncc2C#CCO)C1. The summed E-state index contributed by atoms with van der Waals surface area (Å²) in [4.78, 5) is 18.5. The minimum atomic E-state index is -0.294. The number of likely N-dealkylation sites (tertiary alicyclic amines) is 1. The molecule has 0 bridgehead atoms. The first kappa shape index (κ1) is 15.5. The number of carbonyl (C=O) groups excluding carboxylic acids is 1. The molecular weight excluding hydrogens is 268 g/mol. The Morgan fingerprint density at radius 3 is 3.14 bits per heavy atom. The van der Waals surface area contributed by atoms with Crippen molar-refractivity contribution in [3.63, 3.8) is 0 Å². The number of hydrogen-bond donors (Lipinski definition) is 1. The lowest BCUT2D eigenvalue weighted by Crippen LogP contribution is -2.49. The average molecular weight is 288 g/mol. The lowest BCUT2D eigenvalue weighted by Gasteiger charge is -2.39. The smallest absolute Gasteiger partial charge is 0.255 e. The van der Waals surface area contributed by atoms with E-state index in [1.54, 1.807) is 30.5 Å². The summed E-state index contributed by atoms with van der Waals surface area (Å²) in [5.41, 5.74) is 0.769. The molecular formula is C16H20N2O3. The van der Waals surface area contributed by atoms with Crippen molar-refractivity contribution in [1.82, 2.24) is 9.88 Å². The van der Waals surface area contributed by atoms with Crippen LogP contribution in [0.1, 0.15) is 35.7 Å². The number of piperidine rings is 1. The molecule has 1 aromatic rings. The van der Waals surface area contributed by atoms with E-state index in [1.807, 2.05) is 6.92 Å². The van der Waals surface area contributed by atoms with E-state index in [0.717, 1.165) is 12.8 Å². The molecule has 1 saturated heterocycles. The third kappa shape index (κ3) is 3.60. The number of carbonyl (C=O) groups is 1. The molecule has 2 rings (SSSR count). The van der Waals surface area contributed by atoms with Crippen LogP contribution in [-0.2, 0) is 4.74 Å². The van der Waals surface area contributed by atoms with Crippen molar-refractivity contribution in [2.24, 2.45) is 0 Å². The molecule has 0 saturated carbocycles. The largest absolute Gasteiger partial charge is 0.384 e. The number of aromatic nitrogens is 1. The first-order valence-electron chi connectivity index (χ1n) is 6.98. The summed E-state index contributed by atoms with van der Waals surface area (Å²) >= 11 is 0. The second-order valence-corrected chi connectivity index (χ2v) is 5.37. The van der Waals surface area contributed by atoms with Crippen LogP contribution in [0.2, 0.25) is 0 Å². The zero-order valence-electron chi connectivity index (χ0n) is 12.4. The molecule has 5 heteroatoms. The van der Waals surface area contributed by atoms with Gasteiger partial charge in [-0.05, 0) is 25.8 Å². The Balaban J connectivity index is 2.24. The van der Waals surface area contributed by atoms with Crippen LogP contribution in [-0.4, -0.2) is 53.3 Å². The number of amides is 1. The molecule has 0 aliphatic carbocycles. The highest BCUT2D eigenvalue weighted by atomic mass is 16.5. The Labute approximate surface area is 124 Å². The lowest BCUT2D eigenvalue weighted by molar-refractivity contribution is -0.0440. The van der Waals surface area contributed by atoms with E-state index >= 15 is 0 Å². The molecule has 21 heavy (non-hydrogen) atoms. The molecule has 1 aliphatic rings. The molecule has 1 amide bonds. The Kier molecular flexibility index (Phi) is 4.94. The Morgan fingerprint density at radius 1 is 1.62 bits per heavy atom. The Morgan fingerprint density at radius 2 is 2.43 bits per heavy atom. The van der Waals surface area contributed by atoms with Gasteiger partial charge in [-0.3, -0.25) is 9.78 Å². The fourth-order valence-corrected chi connectivity index (χ4v) is 2.53. The number of hydrogen-bond acceptors (Lipinski definition) is 4. The van der Waals surface area contributed by atoms with Crippen LogP contribution in [0.3, 0.4) is 0 Å². The van der Waals surface area contributed by atoms with Gasteiger partial charge in [0.1, 0.15) is 6.61 Å². The number of aliphatic hydroxyl groups excluding tert-OH is 1. The normalized spacial score (nSPS) is 21.6. The molecule has 0 radical (unpaired) electrons. The van der Waals surface area contributed by atoms with Crippen molar-refractivity contribution in [3.8, 4) is 11.8 Å². The van der Waals surface area contributed by atoms with Gasteiger partial charge in [-0.2, -0.15) is 0 Å². The predicted molar refractivity (Wildman–Crippen MR) is 78.8 cm³/mol. The molecule has 112 valence electrons. The van der Waals surface area contributed by atoms with E-state index in [1.165, 1.54) is 0 Å². The highest BCUT2D eigenvalue weighted by Crippen LogP contribution is 2.25. The Hall–Kier alpha value is -1.90. The van der Waals surface area contributed by atoms with Crippen molar-refractivity contribution in [3.05, 3.63) is 29.6 Å². The maximum absolute atomic E-state index is 12.7. The minimum Gasteiger partial charge on any atom is -0.384 e. The summed E-state index contributed by atoms with van der Waals surface area (Å²) in [6.07, 6.45) is 4.99. The molecule has 0 aromatic carbocycles. The summed E-state index contributed by atoms with van der Waals surface area (Å²) in [6.45, 7) is 3.06. The van der Waals surface area contributed by atoms with Gasteiger partial charge in [0.2, 0.25) is 0 Å². The fraction of sp³-hybridized carbons (Fsp3) is 0.500.